The van der Waals surface area contributed by atoms with Crippen LogP contribution in [0.1, 0.15) is 24.6 Å². The highest BCUT2D eigenvalue weighted by Gasteiger charge is 2.35. The number of carbonyl (C=O) groups excluding carboxylic acids is 1. The Balaban J connectivity index is 1.37. The molecule has 34 heavy (non-hydrogen) atoms. The zero-order valence-corrected chi connectivity index (χ0v) is 19.7. The van der Waals surface area contributed by atoms with Crippen LogP contribution in [-0.2, 0) is 11.3 Å². The van der Waals surface area contributed by atoms with Crippen LogP contribution in [0, 0.1) is 0 Å². The van der Waals surface area contributed by atoms with Crippen LogP contribution in [0.3, 0.4) is 0 Å². The maximum Gasteiger partial charge on any atom is 0.227 e. The number of carbonyl (C=O) groups is 1. The van der Waals surface area contributed by atoms with Crippen LogP contribution in [0.4, 0.5) is 5.69 Å². The second kappa shape index (κ2) is 9.77. The molecule has 174 valence electrons. The van der Waals surface area contributed by atoms with Crippen molar-refractivity contribution in [2.45, 2.75) is 25.3 Å². The van der Waals surface area contributed by atoms with Crippen LogP contribution in [0.5, 0.6) is 11.5 Å². The van der Waals surface area contributed by atoms with Crippen molar-refractivity contribution in [3.63, 3.8) is 0 Å². The van der Waals surface area contributed by atoms with Crippen molar-refractivity contribution in [1.29, 1.82) is 0 Å². The molecule has 4 aromatic rings. The number of anilines is 1. The molecular formula is C27H26ClN3O3. The SMILES string of the molecule is COc1ccc(Cl)c(N2C[C@H](c3nc4ccccc4n3CCCOc3ccccc3)CC2=O)c1. The molecule has 3 aromatic carbocycles. The van der Waals surface area contributed by atoms with Gasteiger partial charge in [0.1, 0.15) is 17.3 Å². The number of para-hydroxylation sites is 3. The molecular weight excluding hydrogens is 450 g/mol. The Kier molecular flexibility index (Phi) is 6.41. The maximum atomic E-state index is 13.0. The van der Waals surface area contributed by atoms with Gasteiger partial charge in [-0.05, 0) is 42.8 Å². The van der Waals surface area contributed by atoms with Gasteiger partial charge in [0.05, 0.1) is 35.5 Å². The molecule has 2 heterocycles. The molecule has 0 saturated carbocycles. The lowest BCUT2D eigenvalue weighted by molar-refractivity contribution is -0.117. The Labute approximate surface area is 203 Å². The molecule has 1 fully saturated rings. The number of benzene rings is 3. The van der Waals surface area contributed by atoms with E-state index >= 15 is 0 Å². The summed E-state index contributed by atoms with van der Waals surface area (Å²) in [5.74, 6) is 2.46. The van der Waals surface area contributed by atoms with Gasteiger partial charge in [0.2, 0.25) is 5.91 Å². The van der Waals surface area contributed by atoms with Crippen LogP contribution >= 0.6 is 11.6 Å². The molecule has 1 aliphatic heterocycles. The largest absolute Gasteiger partial charge is 0.497 e. The van der Waals surface area contributed by atoms with Crippen LogP contribution < -0.4 is 14.4 Å². The lowest BCUT2D eigenvalue weighted by Gasteiger charge is -2.19. The first-order valence-corrected chi connectivity index (χ1v) is 11.8. The van der Waals surface area contributed by atoms with Gasteiger partial charge in [0, 0.05) is 31.5 Å². The van der Waals surface area contributed by atoms with Gasteiger partial charge in [0.25, 0.3) is 0 Å². The first kappa shape index (κ1) is 22.3. The van der Waals surface area contributed by atoms with Crippen molar-refractivity contribution >= 4 is 34.2 Å². The third kappa shape index (κ3) is 4.46. The Morgan fingerprint density at radius 2 is 1.82 bits per heavy atom. The summed E-state index contributed by atoms with van der Waals surface area (Å²) >= 11 is 6.44. The van der Waals surface area contributed by atoms with E-state index in [4.69, 9.17) is 26.1 Å². The van der Waals surface area contributed by atoms with E-state index in [0.29, 0.717) is 36.0 Å². The minimum Gasteiger partial charge on any atom is -0.497 e. The molecule has 6 nitrogen and oxygen atoms in total. The van der Waals surface area contributed by atoms with Crippen molar-refractivity contribution in [1.82, 2.24) is 9.55 Å². The molecule has 0 unspecified atom stereocenters. The highest BCUT2D eigenvalue weighted by Crippen LogP contribution is 2.37. The summed E-state index contributed by atoms with van der Waals surface area (Å²) in [5, 5.41) is 0.529. The van der Waals surface area contributed by atoms with Gasteiger partial charge in [-0.25, -0.2) is 4.98 Å². The van der Waals surface area contributed by atoms with Crippen LogP contribution in [0.25, 0.3) is 11.0 Å². The predicted octanol–water partition coefficient (Wildman–Crippen LogP) is 5.69. The number of aryl methyl sites for hydroxylation is 1. The lowest BCUT2D eigenvalue weighted by Crippen LogP contribution is -2.25. The molecule has 1 atom stereocenters. The number of hydrogen-bond acceptors (Lipinski definition) is 4. The summed E-state index contributed by atoms with van der Waals surface area (Å²) in [7, 11) is 1.60. The number of ether oxygens (including phenoxy) is 2. The van der Waals surface area contributed by atoms with Crippen molar-refractivity contribution in [3.05, 3.63) is 83.6 Å². The average molecular weight is 476 g/mol. The zero-order valence-electron chi connectivity index (χ0n) is 19.0. The van der Waals surface area contributed by atoms with Gasteiger partial charge in [-0.15, -0.1) is 0 Å². The summed E-state index contributed by atoms with van der Waals surface area (Å²) in [6, 6.07) is 23.3. The number of halogens is 1. The first-order valence-electron chi connectivity index (χ1n) is 11.4. The Morgan fingerprint density at radius 1 is 1.03 bits per heavy atom. The Morgan fingerprint density at radius 3 is 2.65 bits per heavy atom. The predicted molar refractivity (Wildman–Crippen MR) is 134 cm³/mol. The summed E-state index contributed by atoms with van der Waals surface area (Å²) in [6.07, 6.45) is 1.21. The van der Waals surface area contributed by atoms with Crippen LogP contribution in [-0.4, -0.2) is 35.7 Å². The molecule has 1 aliphatic rings. The van der Waals surface area contributed by atoms with Gasteiger partial charge in [0.15, 0.2) is 0 Å². The van der Waals surface area contributed by atoms with Crippen molar-refractivity contribution in [2.24, 2.45) is 0 Å². The molecule has 1 saturated heterocycles. The van der Waals surface area contributed by atoms with Gasteiger partial charge in [-0.2, -0.15) is 0 Å². The molecule has 0 radical (unpaired) electrons. The van der Waals surface area contributed by atoms with Gasteiger partial charge in [-0.1, -0.05) is 41.9 Å². The topological polar surface area (TPSA) is 56.6 Å². The fraction of sp³-hybridized carbons (Fsp3) is 0.259. The van der Waals surface area contributed by atoms with Gasteiger partial charge in [-0.3, -0.25) is 4.79 Å². The van der Waals surface area contributed by atoms with Crippen molar-refractivity contribution in [2.75, 3.05) is 25.2 Å². The number of rotatable bonds is 8. The number of amides is 1. The van der Waals surface area contributed by atoms with E-state index in [2.05, 4.69) is 10.6 Å². The summed E-state index contributed by atoms with van der Waals surface area (Å²) in [5.41, 5.74) is 2.68. The van der Waals surface area contributed by atoms with Crippen LogP contribution in [0.15, 0.2) is 72.8 Å². The number of methoxy groups -OCH3 is 1. The normalized spacial score (nSPS) is 15.8. The Hall–Kier alpha value is -3.51. The summed E-state index contributed by atoms with van der Waals surface area (Å²) in [4.78, 5) is 19.7. The standard InChI is InChI=1S/C27H26ClN3O3/c1-33-21-12-13-22(28)25(17-21)31-18-19(16-26(31)32)27-29-23-10-5-6-11-24(23)30(27)14-7-15-34-20-8-3-2-4-9-20/h2-6,8-13,17,19H,7,14-16,18H2,1H3/t19-/m1/s1. The van der Waals surface area contributed by atoms with Gasteiger partial charge >= 0.3 is 0 Å². The van der Waals surface area contributed by atoms with Crippen LogP contribution in [0.2, 0.25) is 5.02 Å². The minimum absolute atomic E-state index is 0.0304. The fourth-order valence-corrected chi connectivity index (χ4v) is 4.73. The van der Waals surface area contributed by atoms with E-state index in [1.54, 1.807) is 24.1 Å². The monoisotopic (exact) mass is 475 g/mol. The van der Waals surface area contributed by atoms with Crippen molar-refractivity contribution < 1.29 is 14.3 Å². The second-order valence-corrected chi connectivity index (χ2v) is 8.76. The molecule has 1 amide bonds. The highest BCUT2D eigenvalue weighted by atomic mass is 35.5. The smallest absolute Gasteiger partial charge is 0.227 e. The molecule has 7 heteroatoms. The van der Waals surface area contributed by atoms with E-state index < -0.39 is 0 Å². The summed E-state index contributed by atoms with van der Waals surface area (Å²) in [6.45, 7) is 1.88. The molecule has 0 spiro atoms. The summed E-state index contributed by atoms with van der Waals surface area (Å²) < 4.78 is 13.5. The molecule has 0 bridgehead atoms. The Bertz CT molecular complexity index is 1310. The van der Waals surface area contributed by atoms with E-state index in [0.717, 1.165) is 35.6 Å². The average Bonchev–Trinajstić information content (AvgIpc) is 3.43. The number of nitrogens with zero attached hydrogens (tertiary/aromatic N) is 3. The van der Waals surface area contributed by atoms with E-state index in [-0.39, 0.29) is 11.8 Å². The maximum absolute atomic E-state index is 13.0. The number of imidazole rings is 1. The van der Waals surface area contributed by atoms with Crippen molar-refractivity contribution in [3.8, 4) is 11.5 Å². The fourth-order valence-electron chi connectivity index (χ4n) is 4.51. The van der Waals surface area contributed by atoms with E-state index in [9.17, 15) is 4.79 Å². The third-order valence-corrected chi connectivity index (χ3v) is 6.48. The molecule has 0 N–H and O–H groups in total. The van der Waals surface area contributed by atoms with E-state index in [1.165, 1.54) is 0 Å². The molecule has 1 aromatic heterocycles. The second-order valence-electron chi connectivity index (χ2n) is 8.35. The molecule has 0 aliphatic carbocycles. The molecule has 5 rings (SSSR count). The number of aromatic nitrogens is 2. The number of fused-ring (bicyclic) bond motifs is 1. The third-order valence-electron chi connectivity index (χ3n) is 6.16. The lowest BCUT2D eigenvalue weighted by atomic mass is 10.1. The highest BCUT2D eigenvalue weighted by molar-refractivity contribution is 6.34. The zero-order chi connectivity index (χ0) is 23.5. The quantitative estimate of drug-likeness (QED) is 0.307. The minimum atomic E-state index is -0.0304. The number of hydrogen-bond donors (Lipinski definition) is 0. The van der Waals surface area contributed by atoms with E-state index in [1.807, 2.05) is 54.6 Å². The van der Waals surface area contributed by atoms with Gasteiger partial charge < -0.3 is 18.9 Å². The first-order chi connectivity index (χ1) is 16.6.